The zero-order chi connectivity index (χ0) is 19.4. The summed E-state index contributed by atoms with van der Waals surface area (Å²) in [5, 5.41) is 7.83. The predicted molar refractivity (Wildman–Crippen MR) is 130 cm³/mol. The second-order valence-electron chi connectivity index (χ2n) is 6.35. The number of halogens is 1. The van der Waals surface area contributed by atoms with Gasteiger partial charge < -0.3 is 19.8 Å². The van der Waals surface area contributed by atoms with Gasteiger partial charge in [-0.1, -0.05) is 12.1 Å². The first-order valence-corrected chi connectivity index (χ1v) is 10.6. The Labute approximate surface area is 193 Å². The van der Waals surface area contributed by atoms with Crippen molar-refractivity contribution >= 4 is 51.5 Å². The molecule has 0 saturated carbocycles. The number of aromatic nitrogens is 1. The lowest BCUT2D eigenvalue weighted by atomic mass is 10.3. The number of nitrogens with zero attached hydrogens (tertiary/aromatic N) is 2. The molecule has 29 heavy (non-hydrogen) atoms. The smallest absolute Gasteiger partial charge is 0.191 e. The summed E-state index contributed by atoms with van der Waals surface area (Å²) >= 11 is 1.78. The van der Waals surface area contributed by atoms with E-state index in [0.29, 0.717) is 13.2 Å². The lowest BCUT2D eigenvalue weighted by molar-refractivity contribution is 0.105. The summed E-state index contributed by atoms with van der Waals surface area (Å²) in [6, 6.07) is 12.1. The van der Waals surface area contributed by atoms with E-state index in [1.165, 1.54) is 9.71 Å². The average molecular weight is 528 g/mol. The molecule has 0 unspecified atom stereocenters. The summed E-state index contributed by atoms with van der Waals surface area (Å²) in [7, 11) is 0. The van der Waals surface area contributed by atoms with Crippen LogP contribution in [0.25, 0.3) is 10.2 Å². The van der Waals surface area contributed by atoms with E-state index in [9.17, 15) is 0 Å². The van der Waals surface area contributed by atoms with Crippen molar-refractivity contribution in [1.29, 1.82) is 0 Å². The highest BCUT2D eigenvalue weighted by Gasteiger charge is 2.03. The van der Waals surface area contributed by atoms with E-state index >= 15 is 0 Å². The molecule has 3 rings (SSSR count). The van der Waals surface area contributed by atoms with E-state index in [0.717, 1.165) is 56.1 Å². The number of aryl methyl sites for hydroxylation is 1. The van der Waals surface area contributed by atoms with Crippen molar-refractivity contribution in [1.82, 2.24) is 15.6 Å². The van der Waals surface area contributed by atoms with Crippen LogP contribution in [0.15, 0.2) is 52.1 Å². The van der Waals surface area contributed by atoms with Gasteiger partial charge in [-0.2, -0.15) is 0 Å². The lowest BCUT2D eigenvalue weighted by Gasteiger charge is -2.11. The molecule has 0 saturated heterocycles. The molecule has 0 atom stereocenters. The number of para-hydroxylation sites is 1. The standard InChI is InChI=1S/C21H28N4O2S.HI/c1-2-22-21(24-13-7-14-26-16-17-8-6-15-27-17)23-12-5-11-20-25-18-9-3-4-10-19(18)28-20;/h3-4,6,8-10,15H,2,5,7,11-14,16H2,1H3,(H2,22,23,24);1H. The molecule has 0 bridgehead atoms. The molecule has 2 heterocycles. The molecule has 6 nitrogen and oxygen atoms in total. The van der Waals surface area contributed by atoms with Gasteiger partial charge in [-0.05, 0) is 44.0 Å². The topological polar surface area (TPSA) is 71.7 Å². The Morgan fingerprint density at radius 2 is 2.07 bits per heavy atom. The third kappa shape index (κ3) is 8.31. The third-order valence-corrected chi connectivity index (χ3v) is 5.18. The van der Waals surface area contributed by atoms with E-state index in [2.05, 4.69) is 45.7 Å². The average Bonchev–Trinajstić information content (AvgIpc) is 3.36. The maximum Gasteiger partial charge on any atom is 0.191 e. The normalized spacial score (nSPS) is 11.4. The lowest BCUT2D eigenvalue weighted by Crippen LogP contribution is -2.38. The summed E-state index contributed by atoms with van der Waals surface area (Å²) < 4.78 is 12.1. The number of fused-ring (bicyclic) bond motifs is 1. The van der Waals surface area contributed by atoms with E-state index < -0.39 is 0 Å². The number of ether oxygens (including phenoxy) is 1. The molecule has 2 aromatic heterocycles. The van der Waals surface area contributed by atoms with E-state index in [-0.39, 0.29) is 24.0 Å². The van der Waals surface area contributed by atoms with Crippen LogP contribution in [0.2, 0.25) is 0 Å². The highest BCUT2D eigenvalue weighted by Crippen LogP contribution is 2.22. The van der Waals surface area contributed by atoms with Crippen LogP contribution in [-0.2, 0) is 17.8 Å². The number of hydrogen-bond acceptors (Lipinski definition) is 5. The van der Waals surface area contributed by atoms with Gasteiger partial charge >= 0.3 is 0 Å². The van der Waals surface area contributed by atoms with Gasteiger partial charge in [-0.25, -0.2) is 4.98 Å². The molecule has 2 N–H and O–H groups in total. The number of benzene rings is 1. The molecule has 3 aromatic rings. The Morgan fingerprint density at radius 1 is 1.17 bits per heavy atom. The fourth-order valence-electron chi connectivity index (χ4n) is 2.74. The molecular formula is C21H29IN4O2S. The SMILES string of the molecule is CCNC(=NCCCc1nc2ccccc2s1)NCCCOCc1ccco1.I. The van der Waals surface area contributed by atoms with Gasteiger partial charge in [-0.15, -0.1) is 35.3 Å². The molecule has 8 heteroatoms. The molecule has 1 aromatic carbocycles. The molecule has 0 radical (unpaired) electrons. The number of guanidine groups is 1. The van der Waals surface area contributed by atoms with Crippen LogP contribution >= 0.6 is 35.3 Å². The van der Waals surface area contributed by atoms with Crippen molar-refractivity contribution in [3.63, 3.8) is 0 Å². The van der Waals surface area contributed by atoms with E-state index in [1.54, 1.807) is 17.6 Å². The molecule has 0 fully saturated rings. The Hall–Kier alpha value is -1.65. The Bertz CT molecular complexity index is 818. The number of nitrogens with one attached hydrogen (secondary N) is 2. The highest BCUT2D eigenvalue weighted by molar-refractivity contribution is 14.0. The molecule has 158 valence electrons. The van der Waals surface area contributed by atoms with Gasteiger partial charge in [0.1, 0.15) is 12.4 Å². The minimum absolute atomic E-state index is 0. The maximum atomic E-state index is 5.59. The van der Waals surface area contributed by atoms with Crippen LogP contribution in [0.1, 0.15) is 30.5 Å². The first-order chi connectivity index (χ1) is 13.8. The predicted octanol–water partition coefficient (Wildman–Crippen LogP) is 4.60. The minimum Gasteiger partial charge on any atom is -0.467 e. The number of aliphatic imine (C=N–C) groups is 1. The van der Waals surface area contributed by atoms with Gasteiger partial charge in [0.25, 0.3) is 0 Å². The first-order valence-electron chi connectivity index (χ1n) is 9.82. The fourth-order valence-corrected chi connectivity index (χ4v) is 3.75. The van der Waals surface area contributed by atoms with Crippen LogP contribution in [0, 0.1) is 0 Å². The van der Waals surface area contributed by atoms with Gasteiger partial charge in [0.15, 0.2) is 5.96 Å². The van der Waals surface area contributed by atoms with Crippen LogP contribution in [0.3, 0.4) is 0 Å². The number of rotatable bonds is 11. The Kier molecular flexibility index (Phi) is 11.0. The van der Waals surface area contributed by atoms with Crippen LogP contribution in [0.4, 0.5) is 0 Å². The molecule has 0 aliphatic heterocycles. The fraction of sp³-hybridized carbons (Fsp3) is 0.429. The summed E-state index contributed by atoms with van der Waals surface area (Å²) in [6.07, 6.45) is 4.53. The zero-order valence-electron chi connectivity index (χ0n) is 16.7. The zero-order valence-corrected chi connectivity index (χ0v) is 19.9. The largest absolute Gasteiger partial charge is 0.467 e. The minimum atomic E-state index is 0. The third-order valence-electron chi connectivity index (χ3n) is 4.08. The van der Waals surface area contributed by atoms with Gasteiger partial charge in [0.2, 0.25) is 0 Å². The second kappa shape index (κ2) is 13.6. The van der Waals surface area contributed by atoms with Crippen molar-refractivity contribution < 1.29 is 9.15 Å². The molecule has 0 amide bonds. The van der Waals surface area contributed by atoms with Gasteiger partial charge in [-0.3, -0.25) is 4.99 Å². The van der Waals surface area contributed by atoms with E-state index in [4.69, 9.17) is 9.15 Å². The van der Waals surface area contributed by atoms with Crippen LogP contribution < -0.4 is 10.6 Å². The monoisotopic (exact) mass is 528 g/mol. The van der Waals surface area contributed by atoms with Gasteiger partial charge in [0, 0.05) is 32.7 Å². The second-order valence-corrected chi connectivity index (χ2v) is 7.47. The summed E-state index contributed by atoms with van der Waals surface area (Å²) in [6.45, 7) is 5.73. The van der Waals surface area contributed by atoms with Crippen molar-refractivity contribution in [2.45, 2.75) is 32.8 Å². The molecule has 0 aliphatic rings. The van der Waals surface area contributed by atoms with Crippen LogP contribution in [-0.4, -0.2) is 37.2 Å². The van der Waals surface area contributed by atoms with Crippen molar-refractivity contribution in [2.75, 3.05) is 26.2 Å². The van der Waals surface area contributed by atoms with Crippen molar-refractivity contribution in [3.8, 4) is 0 Å². The first kappa shape index (κ1) is 23.6. The summed E-state index contributed by atoms with van der Waals surface area (Å²) in [4.78, 5) is 9.34. The molecular weight excluding hydrogens is 499 g/mol. The number of hydrogen-bond donors (Lipinski definition) is 2. The van der Waals surface area contributed by atoms with Crippen LogP contribution in [0.5, 0.6) is 0 Å². The summed E-state index contributed by atoms with van der Waals surface area (Å²) in [5.41, 5.74) is 1.09. The number of furan rings is 1. The maximum absolute atomic E-state index is 5.59. The Balaban J connectivity index is 0.00000300. The highest BCUT2D eigenvalue weighted by atomic mass is 127. The quantitative estimate of drug-likeness (QED) is 0.165. The van der Waals surface area contributed by atoms with Crippen molar-refractivity contribution in [3.05, 3.63) is 53.4 Å². The van der Waals surface area contributed by atoms with E-state index in [1.807, 2.05) is 18.2 Å². The van der Waals surface area contributed by atoms with Gasteiger partial charge in [0.05, 0.1) is 21.5 Å². The Morgan fingerprint density at radius 3 is 2.86 bits per heavy atom. The van der Waals surface area contributed by atoms with Crippen molar-refractivity contribution in [2.24, 2.45) is 4.99 Å². The summed E-state index contributed by atoms with van der Waals surface area (Å²) in [5.74, 6) is 1.72. The number of thiazole rings is 1. The molecule has 0 aliphatic carbocycles. The molecule has 0 spiro atoms.